The number of para-hydroxylation sites is 4. The summed E-state index contributed by atoms with van der Waals surface area (Å²) >= 11 is 0. The SMILES string of the molecule is c1ccc(-c2ccccc2-c2c(-c3ccccc3)cccc2N(c2ccc(-c3ccc4ccccc4c3)cc2)c2ccccc2-n2c3ccccc3c3ccccc32)cc1. The van der Waals surface area contributed by atoms with Gasteiger partial charge in [0, 0.05) is 22.0 Å². The van der Waals surface area contributed by atoms with Crippen molar-refractivity contribution in [1.82, 2.24) is 4.57 Å². The largest absolute Gasteiger partial charge is 0.308 e. The summed E-state index contributed by atoms with van der Waals surface area (Å²) in [6.07, 6.45) is 0. The normalized spacial score (nSPS) is 11.3. The smallest absolute Gasteiger partial charge is 0.0702 e. The number of hydrogen-bond donors (Lipinski definition) is 0. The Balaban J connectivity index is 1.20. The summed E-state index contributed by atoms with van der Waals surface area (Å²) in [6, 6.07) is 88.1. The zero-order chi connectivity index (χ0) is 39.8. The van der Waals surface area contributed by atoms with Crippen molar-refractivity contribution in [3.05, 3.63) is 243 Å². The first-order valence-electron chi connectivity index (χ1n) is 20.6. The number of aromatic nitrogens is 1. The Morgan fingerprint density at radius 1 is 0.300 bits per heavy atom. The van der Waals surface area contributed by atoms with E-state index in [9.17, 15) is 0 Å². The summed E-state index contributed by atoms with van der Waals surface area (Å²) in [5.41, 5.74) is 16.1. The fourth-order valence-electron chi connectivity index (χ4n) is 9.04. The van der Waals surface area contributed by atoms with E-state index in [0.29, 0.717) is 0 Å². The maximum atomic E-state index is 2.48. The molecule has 60 heavy (non-hydrogen) atoms. The standard InChI is InChI=1S/C58H40N2/c1-3-19-43(20-4-1)48-24-9-10-27-52(48)58-49(44-21-5-2-6-22-44)28-17-33-57(58)59(47-38-36-42(37-39-47)46-35-34-41-18-7-8-23-45(41)40-46)55-31-15-16-32-56(55)60-53-29-13-11-25-50(53)51-26-12-14-30-54(51)60/h1-40H. The van der Waals surface area contributed by atoms with E-state index in [-0.39, 0.29) is 0 Å². The van der Waals surface area contributed by atoms with Gasteiger partial charge >= 0.3 is 0 Å². The van der Waals surface area contributed by atoms with Gasteiger partial charge in [-0.2, -0.15) is 0 Å². The summed E-state index contributed by atoms with van der Waals surface area (Å²) in [5, 5.41) is 4.95. The lowest BCUT2D eigenvalue weighted by molar-refractivity contribution is 1.15. The van der Waals surface area contributed by atoms with Gasteiger partial charge in [0.1, 0.15) is 0 Å². The molecule has 0 saturated heterocycles. The molecule has 0 aliphatic carbocycles. The van der Waals surface area contributed by atoms with E-state index in [0.717, 1.165) is 22.7 Å². The van der Waals surface area contributed by atoms with Crippen molar-refractivity contribution in [2.24, 2.45) is 0 Å². The van der Waals surface area contributed by atoms with Crippen LogP contribution in [-0.4, -0.2) is 4.57 Å². The molecule has 0 N–H and O–H groups in total. The van der Waals surface area contributed by atoms with Crippen molar-refractivity contribution in [3.8, 4) is 50.2 Å². The average Bonchev–Trinajstić information content (AvgIpc) is 3.66. The minimum Gasteiger partial charge on any atom is -0.308 e. The molecule has 0 radical (unpaired) electrons. The molecule has 1 aromatic heterocycles. The van der Waals surface area contributed by atoms with E-state index >= 15 is 0 Å². The fourth-order valence-corrected chi connectivity index (χ4v) is 9.04. The maximum Gasteiger partial charge on any atom is 0.0702 e. The maximum absolute atomic E-state index is 2.48. The number of hydrogen-bond acceptors (Lipinski definition) is 1. The predicted molar refractivity (Wildman–Crippen MR) is 255 cm³/mol. The molecule has 0 aliphatic heterocycles. The molecule has 2 heteroatoms. The van der Waals surface area contributed by atoms with Crippen molar-refractivity contribution >= 4 is 49.6 Å². The number of nitrogens with zero attached hydrogens (tertiary/aromatic N) is 2. The van der Waals surface area contributed by atoms with E-state index in [1.165, 1.54) is 77.1 Å². The zero-order valence-electron chi connectivity index (χ0n) is 33.0. The average molecular weight is 765 g/mol. The number of rotatable bonds is 8. The summed E-state index contributed by atoms with van der Waals surface area (Å²) < 4.78 is 2.44. The van der Waals surface area contributed by atoms with E-state index in [4.69, 9.17) is 0 Å². The third-order valence-corrected chi connectivity index (χ3v) is 11.8. The Hall–Kier alpha value is -7.94. The van der Waals surface area contributed by atoms with Gasteiger partial charge in [-0.1, -0.05) is 194 Å². The topological polar surface area (TPSA) is 8.17 Å². The van der Waals surface area contributed by atoms with Gasteiger partial charge in [-0.25, -0.2) is 0 Å². The first kappa shape index (κ1) is 35.2. The van der Waals surface area contributed by atoms with Crippen molar-refractivity contribution in [2.45, 2.75) is 0 Å². The fraction of sp³-hybridized carbons (Fsp3) is 0. The van der Waals surface area contributed by atoms with Crippen molar-refractivity contribution in [3.63, 3.8) is 0 Å². The predicted octanol–water partition coefficient (Wildman–Crippen LogP) is 16.1. The van der Waals surface area contributed by atoms with Crippen LogP contribution in [0.15, 0.2) is 243 Å². The van der Waals surface area contributed by atoms with E-state index < -0.39 is 0 Å². The Labute approximate surface area is 350 Å². The second-order valence-corrected chi connectivity index (χ2v) is 15.3. The molecule has 10 aromatic carbocycles. The molecule has 11 aromatic rings. The van der Waals surface area contributed by atoms with Crippen LogP contribution in [0.1, 0.15) is 0 Å². The summed E-state index contributed by atoms with van der Waals surface area (Å²) in [7, 11) is 0. The van der Waals surface area contributed by atoms with Crippen molar-refractivity contribution < 1.29 is 0 Å². The second kappa shape index (κ2) is 15.1. The van der Waals surface area contributed by atoms with Crippen LogP contribution in [0.2, 0.25) is 0 Å². The molecule has 282 valence electrons. The summed E-state index contributed by atoms with van der Waals surface area (Å²) in [6.45, 7) is 0. The lowest BCUT2D eigenvalue weighted by Gasteiger charge is -2.32. The van der Waals surface area contributed by atoms with Gasteiger partial charge in [-0.15, -0.1) is 0 Å². The number of benzene rings is 10. The number of fused-ring (bicyclic) bond motifs is 4. The first-order chi connectivity index (χ1) is 29.8. The Kier molecular flexibility index (Phi) is 8.87. The molecule has 0 atom stereocenters. The van der Waals surface area contributed by atoms with Gasteiger partial charge in [0.2, 0.25) is 0 Å². The Morgan fingerprint density at radius 2 is 0.817 bits per heavy atom. The van der Waals surface area contributed by atoms with Crippen LogP contribution in [0.4, 0.5) is 17.1 Å². The minimum absolute atomic E-state index is 1.07. The molecular formula is C58H40N2. The van der Waals surface area contributed by atoms with E-state index in [1.54, 1.807) is 0 Å². The lowest BCUT2D eigenvalue weighted by Crippen LogP contribution is -2.14. The highest BCUT2D eigenvalue weighted by Crippen LogP contribution is 2.50. The molecule has 11 rings (SSSR count). The Bertz CT molecular complexity index is 3250. The molecule has 0 amide bonds. The Morgan fingerprint density at radius 3 is 1.53 bits per heavy atom. The highest BCUT2D eigenvalue weighted by atomic mass is 15.2. The van der Waals surface area contributed by atoms with Crippen LogP contribution < -0.4 is 4.90 Å². The van der Waals surface area contributed by atoms with E-state index in [2.05, 4.69) is 252 Å². The molecule has 2 nitrogen and oxygen atoms in total. The third-order valence-electron chi connectivity index (χ3n) is 11.8. The second-order valence-electron chi connectivity index (χ2n) is 15.3. The third kappa shape index (κ3) is 6.14. The minimum atomic E-state index is 1.07. The van der Waals surface area contributed by atoms with Gasteiger partial charge in [0.15, 0.2) is 0 Å². The molecule has 1 heterocycles. The van der Waals surface area contributed by atoms with Crippen LogP contribution in [0.3, 0.4) is 0 Å². The molecule has 0 aliphatic rings. The van der Waals surface area contributed by atoms with Gasteiger partial charge in [-0.05, 0) is 98.2 Å². The molecule has 0 bridgehead atoms. The van der Waals surface area contributed by atoms with Crippen molar-refractivity contribution in [2.75, 3.05) is 4.90 Å². The van der Waals surface area contributed by atoms with Gasteiger partial charge < -0.3 is 9.47 Å². The van der Waals surface area contributed by atoms with Gasteiger partial charge in [0.25, 0.3) is 0 Å². The van der Waals surface area contributed by atoms with Gasteiger partial charge in [0.05, 0.1) is 28.1 Å². The van der Waals surface area contributed by atoms with Crippen molar-refractivity contribution in [1.29, 1.82) is 0 Å². The van der Waals surface area contributed by atoms with Crippen LogP contribution in [0.5, 0.6) is 0 Å². The van der Waals surface area contributed by atoms with Crippen LogP contribution >= 0.6 is 0 Å². The highest BCUT2D eigenvalue weighted by molar-refractivity contribution is 6.10. The molecule has 0 saturated carbocycles. The van der Waals surface area contributed by atoms with E-state index in [1.807, 2.05) is 0 Å². The first-order valence-corrected chi connectivity index (χ1v) is 20.6. The monoisotopic (exact) mass is 764 g/mol. The molecule has 0 unspecified atom stereocenters. The summed E-state index contributed by atoms with van der Waals surface area (Å²) in [4.78, 5) is 2.48. The zero-order valence-corrected chi connectivity index (χ0v) is 33.0. The highest BCUT2D eigenvalue weighted by Gasteiger charge is 2.25. The summed E-state index contributed by atoms with van der Waals surface area (Å²) in [5.74, 6) is 0. The lowest BCUT2D eigenvalue weighted by atomic mass is 9.87. The molecular weight excluding hydrogens is 725 g/mol. The van der Waals surface area contributed by atoms with Gasteiger partial charge in [-0.3, -0.25) is 0 Å². The van der Waals surface area contributed by atoms with Crippen LogP contribution in [0, 0.1) is 0 Å². The quantitative estimate of drug-likeness (QED) is 0.150. The molecule has 0 fully saturated rings. The number of anilines is 3. The van der Waals surface area contributed by atoms with Crippen LogP contribution in [0.25, 0.3) is 82.8 Å². The molecule has 0 spiro atoms. The van der Waals surface area contributed by atoms with Crippen LogP contribution in [-0.2, 0) is 0 Å².